The van der Waals surface area contributed by atoms with Crippen molar-refractivity contribution in [2.45, 2.75) is 12.5 Å². The summed E-state index contributed by atoms with van der Waals surface area (Å²) in [7, 11) is 3.84. The van der Waals surface area contributed by atoms with Gasteiger partial charge in [-0.25, -0.2) is 0 Å². The monoisotopic (exact) mass is 267 g/mol. The van der Waals surface area contributed by atoms with Crippen LogP contribution in [0.5, 0.6) is 0 Å². The maximum Gasteiger partial charge on any atom is 0.0845 e. The highest BCUT2D eigenvalue weighted by Crippen LogP contribution is 2.24. The van der Waals surface area contributed by atoms with Crippen molar-refractivity contribution < 1.29 is 0 Å². The van der Waals surface area contributed by atoms with Gasteiger partial charge in [-0.2, -0.15) is 0 Å². The Morgan fingerprint density at radius 1 is 1.25 bits per heavy atom. The zero-order valence-electron chi connectivity index (χ0n) is 11.6. The summed E-state index contributed by atoms with van der Waals surface area (Å²) in [6.45, 7) is 0. The molecule has 0 fully saturated rings. The van der Waals surface area contributed by atoms with Gasteiger partial charge < -0.3 is 5.32 Å². The van der Waals surface area contributed by atoms with Gasteiger partial charge in [-0.3, -0.25) is 9.67 Å². The molecule has 1 unspecified atom stereocenters. The summed E-state index contributed by atoms with van der Waals surface area (Å²) in [6.07, 6.45) is 4.57. The summed E-state index contributed by atoms with van der Waals surface area (Å²) in [5, 5.41) is 12.7. The third-order valence-electron chi connectivity index (χ3n) is 3.45. The first-order chi connectivity index (χ1) is 9.78. The first kappa shape index (κ1) is 12.7. The van der Waals surface area contributed by atoms with Gasteiger partial charge >= 0.3 is 0 Å². The Labute approximate surface area is 117 Å². The van der Waals surface area contributed by atoms with E-state index in [1.807, 2.05) is 32.6 Å². The standard InChI is InChI=1S/C15H17N5/c1-16-14(9-12-10-20(2)19-18-12)13-7-3-5-11-6-4-8-17-15(11)13/h3-8,10,14,16H,9H2,1-2H3. The smallest absolute Gasteiger partial charge is 0.0845 e. The van der Waals surface area contributed by atoms with Crippen molar-refractivity contribution in [3.63, 3.8) is 0 Å². The van der Waals surface area contributed by atoms with Crippen LogP contribution in [0.3, 0.4) is 0 Å². The largest absolute Gasteiger partial charge is 0.313 e. The summed E-state index contributed by atoms with van der Waals surface area (Å²) >= 11 is 0. The Balaban J connectivity index is 1.98. The van der Waals surface area contributed by atoms with Gasteiger partial charge in [-0.05, 0) is 18.7 Å². The molecule has 0 aliphatic heterocycles. The molecule has 20 heavy (non-hydrogen) atoms. The van der Waals surface area contributed by atoms with Crippen molar-refractivity contribution in [3.8, 4) is 0 Å². The number of likely N-dealkylation sites (N-methyl/N-ethyl adjacent to an activating group) is 1. The number of fused-ring (bicyclic) bond motifs is 1. The molecule has 0 aliphatic carbocycles. The second-order valence-corrected chi connectivity index (χ2v) is 4.85. The zero-order valence-corrected chi connectivity index (χ0v) is 11.6. The van der Waals surface area contributed by atoms with E-state index in [1.54, 1.807) is 4.68 Å². The summed E-state index contributed by atoms with van der Waals surface area (Å²) in [5.41, 5.74) is 3.20. The minimum Gasteiger partial charge on any atom is -0.313 e. The van der Waals surface area contributed by atoms with Gasteiger partial charge in [0, 0.05) is 37.3 Å². The van der Waals surface area contributed by atoms with E-state index in [4.69, 9.17) is 0 Å². The number of aryl methyl sites for hydroxylation is 1. The van der Waals surface area contributed by atoms with Crippen LogP contribution in [0.4, 0.5) is 0 Å². The minimum atomic E-state index is 0.172. The number of hydrogen-bond donors (Lipinski definition) is 1. The van der Waals surface area contributed by atoms with Crippen molar-refractivity contribution >= 4 is 10.9 Å². The number of nitrogens with one attached hydrogen (secondary N) is 1. The average molecular weight is 267 g/mol. The van der Waals surface area contributed by atoms with Gasteiger partial charge in [0.15, 0.2) is 0 Å². The van der Waals surface area contributed by atoms with Gasteiger partial charge in [-0.1, -0.05) is 29.5 Å². The Hall–Kier alpha value is -2.27. The van der Waals surface area contributed by atoms with Crippen LogP contribution in [0.2, 0.25) is 0 Å². The SMILES string of the molecule is CNC(Cc1cn(C)nn1)c1cccc2cccnc12. The van der Waals surface area contributed by atoms with Crippen LogP contribution in [-0.2, 0) is 13.5 Å². The van der Waals surface area contributed by atoms with Crippen molar-refractivity contribution in [1.82, 2.24) is 25.3 Å². The van der Waals surface area contributed by atoms with Crippen LogP contribution in [0.25, 0.3) is 10.9 Å². The Morgan fingerprint density at radius 3 is 2.85 bits per heavy atom. The Bertz CT molecular complexity index is 714. The lowest BCUT2D eigenvalue weighted by atomic mass is 9.99. The second-order valence-electron chi connectivity index (χ2n) is 4.85. The quantitative estimate of drug-likeness (QED) is 0.784. The van der Waals surface area contributed by atoms with E-state index < -0.39 is 0 Å². The number of pyridine rings is 1. The lowest BCUT2D eigenvalue weighted by molar-refractivity contribution is 0.586. The van der Waals surface area contributed by atoms with Gasteiger partial charge in [0.2, 0.25) is 0 Å². The molecule has 1 N–H and O–H groups in total. The summed E-state index contributed by atoms with van der Waals surface area (Å²) < 4.78 is 1.73. The number of para-hydroxylation sites is 1. The van der Waals surface area contributed by atoms with Crippen LogP contribution in [0, 0.1) is 0 Å². The highest BCUT2D eigenvalue weighted by molar-refractivity contribution is 5.82. The topological polar surface area (TPSA) is 55.6 Å². The number of nitrogens with zero attached hydrogens (tertiary/aromatic N) is 4. The maximum atomic E-state index is 4.52. The molecule has 0 radical (unpaired) electrons. The van der Waals surface area contributed by atoms with Gasteiger partial charge in [0.1, 0.15) is 0 Å². The van der Waals surface area contributed by atoms with E-state index in [9.17, 15) is 0 Å². The first-order valence-corrected chi connectivity index (χ1v) is 6.64. The van der Waals surface area contributed by atoms with Crippen LogP contribution in [0.1, 0.15) is 17.3 Å². The highest BCUT2D eigenvalue weighted by atomic mass is 15.4. The fraction of sp³-hybridized carbons (Fsp3) is 0.267. The molecule has 2 aromatic heterocycles. The molecular weight excluding hydrogens is 250 g/mol. The highest BCUT2D eigenvalue weighted by Gasteiger charge is 2.15. The number of hydrogen-bond acceptors (Lipinski definition) is 4. The van der Waals surface area contributed by atoms with Gasteiger partial charge in [0.05, 0.1) is 11.2 Å². The Morgan fingerprint density at radius 2 is 2.10 bits per heavy atom. The summed E-state index contributed by atoms with van der Waals surface area (Å²) in [6, 6.07) is 10.5. The first-order valence-electron chi connectivity index (χ1n) is 6.64. The number of rotatable bonds is 4. The zero-order chi connectivity index (χ0) is 13.9. The summed E-state index contributed by atoms with van der Waals surface area (Å²) in [5.74, 6) is 0. The fourth-order valence-electron chi connectivity index (χ4n) is 2.47. The molecule has 0 spiro atoms. The van der Waals surface area contributed by atoms with Crippen molar-refractivity contribution in [2.75, 3.05) is 7.05 Å². The molecule has 5 heteroatoms. The molecule has 0 saturated carbocycles. The van der Waals surface area contributed by atoms with Crippen LogP contribution < -0.4 is 5.32 Å². The predicted molar refractivity (Wildman–Crippen MR) is 78.3 cm³/mol. The third-order valence-corrected chi connectivity index (χ3v) is 3.45. The molecule has 0 saturated heterocycles. The van der Waals surface area contributed by atoms with E-state index in [0.29, 0.717) is 0 Å². The molecule has 1 aromatic carbocycles. The molecule has 0 amide bonds. The van der Waals surface area contributed by atoms with E-state index >= 15 is 0 Å². The predicted octanol–water partition coefficient (Wildman–Crippen LogP) is 1.87. The number of benzene rings is 1. The molecule has 5 nitrogen and oxygen atoms in total. The van der Waals surface area contributed by atoms with Gasteiger partial charge in [0.25, 0.3) is 0 Å². The van der Waals surface area contributed by atoms with Crippen molar-refractivity contribution in [2.24, 2.45) is 7.05 Å². The number of aromatic nitrogens is 4. The van der Waals surface area contributed by atoms with Crippen molar-refractivity contribution in [3.05, 3.63) is 54.0 Å². The molecule has 0 bridgehead atoms. The van der Waals surface area contributed by atoms with E-state index in [1.165, 1.54) is 5.56 Å². The second kappa shape index (κ2) is 5.38. The molecular formula is C15H17N5. The van der Waals surface area contributed by atoms with E-state index in [2.05, 4.69) is 44.9 Å². The van der Waals surface area contributed by atoms with E-state index in [0.717, 1.165) is 23.0 Å². The van der Waals surface area contributed by atoms with E-state index in [-0.39, 0.29) is 6.04 Å². The molecule has 102 valence electrons. The molecule has 3 aromatic rings. The van der Waals surface area contributed by atoms with Gasteiger partial charge in [-0.15, -0.1) is 5.10 Å². The average Bonchev–Trinajstić information content (AvgIpc) is 2.89. The molecule has 2 heterocycles. The summed E-state index contributed by atoms with van der Waals surface area (Å²) in [4.78, 5) is 4.52. The van der Waals surface area contributed by atoms with Crippen LogP contribution in [0.15, 0.2) is 42.7 Å². The molecule has 3 rings (SSSR count). The third kappa shape index (κ3) is 2.40. The lowest BCUT2D eigenvalue weighted by Crippen LogP contribution is -2.19. The normalized spacial score (nSPS) is 12.7. The maximum absolute atomic E-state index is 4.52. The lowest BCUT2D eigenvalue weighted by Gasteiger charge is -2.16. The van der Waals surface area contributed by atoms with Crippen LogP contribution in [-0.4, -0.2) is 27.0 Å². The van der Waals surface area contributed by atoms with Crippen LogP contribution >= 0.6 is 0 Å². The Kier molecular flexibility index (Phi) is 3.43. The molecule has 1 atom stereocenters. The minimum absolute atomic E-state index is 0.172. The van der Waals surface area contributed by atoms with Crippen molar-refractivity contribution in [1.29, 1.82) is 0 Å². The molecule has 0 aliphatic rings. The fourth-order valence-corrected chi connectivity index (χ4v) is 2.47.